The van der Waals surface area contributed by atoms with Gasteiger partial charge in [0, 0.05) is 47.6 Å². The molecule has 0 spiro atoms. The average molecular weight is 550 g/mol. The molecule has 11 heteroatoms. The zero-order valence-corrected chi connectivity index (χ0v) is 21.7. The van der Waals surface area contributed by atoms with Gasteiger partial charge in [0.05, 0.1) is 34.1 Å². The number of rotatable bonds is 4. The summed E-state index contributed by atoms with van der Waals surface area (Å²) < 4.78 is 48.5. The van der Waals surface area contributed by atoms with Gasteiger partial charge in [0.25, 0.3) is 5.91 Å². The van der Waals surface area contributed by atoms with Crippen molar-refractivity contribution in [3.05, 3.63) is 82.7 Å². The predicted octanol–water partition coefficient (Wildman–Crippen LogP) is 4.50. The second-order valence-corrected chi connectivity index (χ2v) is 11.4. The molecule has 0 radical (unpaired) electrons. The fourth-order valence-corrected chi connectivity index (χ4v) is 6.98. The Morgan fingerprint density at radius 2 is 1.95 bits per heavy atom. The van der Waals surface area contributed by atoms with Gasteiger partial charge in [0.1, 0.15) is 11.6 Å². The number of hydrogen-bond donors (Lipinski definition) is 2. The highest BCUT2D eigenvalue weighted by Crippen LogP contribution is 2.53. The summed E-state index contributed by atoms with van der Waals surface area (Å²) in [5.74, 6) is -1.27. The highest BCUT2D eigenvalue weighted by molar-refractivity contribution is 5.98. The highest BCUT2D eigenvalue weighted by Gasteiger charge is 2.52. The van der Waals surface area contributed by atoms with Crippen molar-refractivity contribution in [3.8, 4) is 16.9 Å². The number of amides is 1. The maximum Gasteiger partial charge on any atom is 0.387 e. The summed E-state index contributed by atoms with van der Waals surface area (Å²) in [6.07, 6.45) is 4.22. The second-order valence-electron chi connectivity index (χ2n) is 11.4. The quantitative estimate of drug-likeness (QED) is 0.389. The summed E-state index contributed by atoms with van der Waals surface area (Å²) in [6, 6.07) is 9.31. The summed E-state index contributed by atoms with van der Waals surface area (Å²) in [5.41, 5.74) is 8.66. The van der Waals surface area contributed by atoms with Gasteiger partial charge in [-0.25, -0.2) is 8.91 Å². The number of alkyl halides is 2. The van der Waals surface area contributed by atoms with Crippen LogP contribution in [0.3, 0.4) is 0 Å². The van der Waals surface area contributed by atoms with Gasteiger partial charge in [0.15, 0.2) is 0 Å². The Balaban J connectivity index is 1.34. The maximum absolute atomic E-state index is 15.2. The van der Waals surface area contributed by atoms with E-state index in [0.29, 0.717) is 34.4 Å². The van der Waals surface area contributed by atoms with Gasteiger partial charge in [-0.2, -0.15) is 13.9 Å². The number of nitrogens with zero attached hydrogens (tertiary/aromatic N) is 4. The number of carbonyl (C=O) groups excluding carboxylic acids is 1. The van der Waals surface area contributed by atoms with Crippen LogP contribution >= 0.6 is 0 Å². The Labute approximate surface area is 227 Å². The van der Waals surface area contributed by atoms with Crippen LogP contribution in [0.15, 0.2) is 48.8 Å². The van der Waals surface area contributed by atoms with Crippen molar-refractivity contribution in [3.63, 3.8) is 0 Å². The first kappa shape index (κ1) is 25.0. The van der Waals surface area contributed by atoms with Crippen LogP contribution in [0.25, 0.3) is 16.6 Å². The molecule has 0 saturated heterocycles. The van der Waals surface area contributed by atoms with Crippen molar-refractivity contribution in [2.45, 2.75) is 55.9 Å². The van der Waals surface area contributed by atoms with Crippen LogP contribution in [-0.4, -0.2) is 49.8 Å². The topological polar surface area (TPSA) is 106 Å². The lowest BCUT2D eigenvalue weighted by molar-refractivity contribution is -0.0764. The summed E-state index contributed by atoms with van der Waals surface area (Å²) in [5, 5.41) is 14.9. The van der Waals surface area contributed by atoms with Crippen LogP contribution in [0.5, 0.6) is 5.75 Å². The van der Waals surface area contributed by atoms with E-state index in [9.17, 15) is 18.7 Å². The Morgan fingerprint density at radius 3 is 2.65 bits per heavy atom. The van der Waals surface area contributed by atoms with E-state index in [4.69, 9.17) is 15.6 Å². The molecule has 8 nitrogen and oxygen atoms in total. The zero-order chi connectivity index (χ0) is 28.1. The van der Waals surface area contributed by atoms with Crippen LogP contribution in [0.4, 0.5) is 13.2 Å². The average Bonchev–Trinajstić information content (AvgIpc) is 3.40. The van der Waals surface area contributed by atoms with Crippen molar-refractivity contribution in [1.29, 1.82) is 0 Å². The van der Waals surface area contributed by atoms with E-state index in [-0.39, 0.29) is 36.2 Å². The van der Waals surface area contributed by atoms with Crippen LogP contribution < -0.4 is 10.5 Å². The minimum atomic E-state index is -3.04. The summed E-state index contributed by atoms with van der Waals surface area (Å²) in [7, 11) is 1.69. The van der Waals surface area contributed by atoms with E-state index in [1.54, 1.807) is 47.9 Å². The monoisotopic (exact) mass is 549 g/mol. The Kier molecular flexibility index (Phi) is 5.18. The number of hydrogen-bond acceptors (Lipinski definition) is 6. The molecule has 1 amide bonds. The van der Waals surface area contributed by atoms with E-state index in [0.717, 1.165) is 11.1 Å². The summed E-state index contributed by atoms with van der Waals surface area (Å²) >= 11 is 0. The van der Waals surface area contributed by atoms with Crippen molar-refractivity contribution in [2.24, 2.45) is 5.73 Å². The van der Waals surface area contributed by atoms with E-state index in [1.807, 2.05) is 6.07 Å². The summed E-state index contributed by atoms with van der Waals surface area (Å²) in [4.78, 5) is 19.2. The molecule has 206 valence electrons. The highest BCUT2D eigenvalue weighted by atomic mass is 19.3. The molecule has 40 heavy (non-hydrogen) atoms. The van der Waals surface area contributed by atoms with Crippen LogP contribution in [0.2, 0.25) is 0 Å². The summed E-state index contributed by atoms with van der Waals surface area (Å²) in [6.45, 7) is -1.38. The first-order chi connectivity index (χ1) is 19.0. The number of halogens is 3. The molecule has 1 saturated carbocycles. The third-order valence-corrected chi connectivity index (χ3v) is 8.51. The lowest BCUT2D eigenvalue weighted by Crippen LogP contribution is -2.59. The zero-order valence-electron chi connectivity index (χ0n) is 21.7. The Morgan fingerprint density at radius 1 is 1.18 bits per heavy atom. The minimum Gasteiger partial charge on any atom is -0.434 e. The largest absolute Gasteiger partial charge is 0.434 e. The number of ether oxygens (including phenoxy) is 1. The normalized spacial score (nSPS) is 27.0. The van der Waals surface area contributed by atoms with Gasteiger partial charge in [0.2, 0.25) is 0 Å². The van der Waals surface area contributed by atoms with E-state index < -0.39 is 29.5 Å². The lowest BCUT2D eigenvalue weighted by Gasteiger charge is -2.48. The molecule has 1 fully saturated rings. The molecule has 1 aromatic carbocycles. The van der Waals surface area contributed by atoms with Gasteiger partial charge in [-0.3, -0.25) is 9.78 Å². The molecular weight excluding hydrogens is 523 g/mol. The second kappa shape index (κ2) is 8.28. The van der Waals surface area contributed by atoms with Gasteiger partial charge >= 0.3 is 6.61 Å². The number of carbonyl (C=O) groups is 1. The van der Waals surface area contributed by atoms with Gasteiger partial charge < -0.3 is 20.5 Å². The molecule has 3 aromatic heterocycles. The molecule has 0 unspecified atom stereocenters. The smallest absolute Gasteiger partial charge is 0.387 e. The molecule has 2 bridgehead atoms. The van der Waals surface area contributed by atoms with Crippen LogP contribution in [0.1, 0.15) is 71.0 Å². The third kappa shape index (κ3) is 3.57. The van der Waals surface area contributed by atoms with Gasteiger partial charge in [-0.15, -0.1) is 0 Å². The third-order valence-electron chi connectivity index (χ3n) is 8.51. The van der Waals surface area contributed by atoms with Crippen LogP contribution in [-0.2, 0) is 5.54 Å². The fourth-order valence-electron chi connectivity index (χ4n) is 6.98. The number of nitrogens with two attached hydrogens (primary N) is 1. The molecule has 1 aliphatic heterocycles. The Hall–Kier alpha value is -3.96. The fraction of sp³-hybridized carbons (Fsp3) is 0.345. The molecule has 2 aliphatic carbocycles. The molecule has 3 N–H and O–H groups in total. The maximum atomic E-state index is 15.2. The van der Waals surface area contributed by atoms with E-state index >= 15 is 4.39 Å². The molecule has 4 heterocycles. The molecule has 2 atom stereocenters. The molecule has 3 aliphatic rings. The van der Waals surface area contributed by atoms with Crippen molar-refractivity contribution in [2.75, 3.05) is 7.05 Å². The van der Waals surface area contributed by atoms with Gasteiger partial charge in [-0.05, 0) is 62.1 Å². The number of benzene rings is 1. The number of aromatic nitrogens is 3. The van der Waals surface area contributed by atoms with Crippen molar-refractivity contribution < 1.29 is 27.8 Å². The molecule has 7 rings (SSSR count). The number of pyridine rings is 2. The van der Waals surface area contributed by atoms with Gasteiger partial charge in [-0.1, -0.05) is 6.07 Å². The van der Waals surface area contributed by atoms with Crippen molar-refractivity contribution in [1.82, 2.24) is 19.5 Å². The first-order valence-electron chi connectivity index (χ1n) is 13.0. The molecular formula is C29H26F3N5O3. The van der Waals surface area contributed by atoms with Crippen LogP contribution in [0, 0.1) is 5.82 Å². The molecule has 4 aromatic rings. The standard InChI is InChI=1S/C29H26F3N5O3/c1-28(39)12-29(33,13-28)25-18(30)8-15(11-34-25)14-6-7-37-19(9-14)23-17-10-20(24(23)35-37)36(2)26(38)16-4-3-5-21(22(16)17)40-27(31)32/h3-9,11,17,20,27,39H,10,12-13,33H2,1-2H3/t17-,20-,28?,29?/m1/s1. The first-order valence-corrected chi connectivity index (χ1v) is 13.0. The number of fused-ring (bicyclic) bond motifs is 9. The lowest BCUT2D eigenvalue weighted by atomic mass is 9.64. The SMILES string of the molecule is CN1C(=O)c2cccc(OC(F)F)c2[C@H]2C[C@@H]1c1nn3ccc(-c4cnc(C5(N)CC(C)(O)C5)c(F)c4)cc3c12. The minimum absolute atomic E-state index is 0.0317. The number of aliphatic hydroxyl groups is 1. The Bertz CT molecular complexity index is 1710. The van der Waals surface area contributed by atoms with E-state index in [1.165, 1.54) is 18.2 Å². The predicted molar refractivity (Wildman–Crippen MR) is 138 cm³/mol. The van der Waals surface area contributed by atoms with E-state index in [2.05, 4.69) is 4.98 Å². The van der Waals surface area contributed by atoms with Crippen molar-refractivity contribution >= 4 is 11.4 Å².